The Morgan fingerprint density at radius 3 is 2.63 bits per heavy atom. The van der Waals surface area contributed by atoms with E-state index in [1.165, 1.54) is 0 Å². The molecule has 1 heterocycles. The van der Waals surface area contributed by atoms with Gasteiger partial charge in [0.15, 0.2) is 0 Å². The molecule has 2 aromatic rings. The Morgan fingerprint density at radius 2 is 1.95 bits per heavy atom. The maximum absolute atomic E-state index is 12.2. The highest BCUT2D eigenvalue weighted by Gasteiger charge is 2.16. The molecule has 0 aliphatic heterocycles. The van der Waals surface area contributed by atoms with Crippen molar-refractivity contribution in [1.29, 1.82) is 0 Å². The zero-order valence-electron chi connectivity index (χ0n) is 10.5. The van der Waals surface area contributed by atoms with Crippen LogP contribution in [0.1, 0.15) is 5.56 Å². The highest BCUT2D eigenvalue weighted by atomic mass is 79.9. The molecule has 1 aromatic carbocycles. The molecule has 0 aliphatic rings. The number of hydrogen-bond donors (Lipinski definition) is 1. The van der Waals surface area contributed by atoms with Crippen LogP contribution in [0, 0.1) is 6.92 Å². The van der Waals surface area contributed by atoms with E-state index < -0.39 is 10.0 Å². The molecule has 0 amide bonds. The third-order valence-electron chi connectivity index (χ3n) is 2.77. The molecular weight excluding hydrogens is 328 g/mol. The molecule has 2 rings (SSSR count). The van der Waals surface area contributed by atoms with Crippen molar-refractivity contribution in [2.75, 3.05) is 6.54 Å². The van der Waals surface area contributed by atoms with Gasteiger partial charge < -0.3 is 4.57 Å². The van der Waals surface area contributed by atoms with Crippen molar-refractivity contribution < 1.29 is 8.42 Å². The normalized spacial score (nSPS) is 11.7. The number of halogens is 1. The third-order valence-corrected chi connectivity index (χ3v) is 4.86. The molecule has 0 fully saturated rings. The number of aromatic nitrogens is 1. The lowest BCUT2D eigenvalue weighted by Gasteiger charge is -2.10. The van der Waals surface area contributed by atoms with E-state index in [0.717, 1.165) is 10.0 Å². The molecule has 19 heavy (non-hydrogen) atoms. The average Bonchev–Trinajstić information content (AvgIpc) is 2.85. The number of rotatable bonds is 5. The van der Waals surface area contributed by atoms with Crippen LogP contribution in [0.25, 0.3) is 0 Å². The molecule has 0 aliphatic carbocycles. The van der Waals surface area contributed by atoms with Gasteiger partial charge in [0, 0.05) is 30.0 Å². The van der Waals surface area contributed by atoms with E-state index in [1.54, 1.807) is 19.1 Å². The van der Waals surface area contributed by atoms with Crippen molar-refractivity contribution in [2.45, 2.75) is 18.4 Å². The number of benzene rings is 1. The lowest BCUT2D eigenvalue weighted by atomic mass is 10.2. The van der Waals surface area contributed by atoms with E-state index in [0.29, 0.717) is 18.0 Å². The van der Waals surface area contributed by atoms with Crippen LogP contribution in [0.3, 0.4) is 0 Å². The topological polar surface area (TPSA) is 51.1 Å². The van der Waals surface area contributed by atoms with Gasteiger partial charge in [-0.2, -0.15) is 0 Å². The summed E-state index contributed by atoms with van der Waals surface area (Å²) in [6, 6.07) is 9.05. The van der Waals surface area contributed by atoms with E-state index in [1.807, 2.05) is 35.2 Å². The van der Waals surface area contributed by atoms with Crippen LogP contribution in [-0.2, 0) is 16.6 Å². The molecule has 0 bridgehead atoms. The fourth-order valence-corrected chi connectivity index (χ4v) is 3.57. The summed E-state index contributed by atoms with van der Waals surface area (Å²) in [5, 5.41) is 0. The van der Waals surface area contributed by atoms with Crippen LogP contribution in [0.15, 0.2) is 52.1 Å². The van der Waals surface area contributed by atoms with Crippen LogP contribution in [0.4, 0.5) is 0 Å². The van der Waals surface area contributed by atoms with E-state index >= 15 is 0 Å². The molecule has 6 heteroatoms. The van der Waals surface area contributed by atoms with E-state index in [-0.39, 0.29) is 0 Å². The van der Waals surface area contributed by atoms with E-state index in [4.69, 9.17) is 0 Å². The van der Waals surface area contributed by atoms with Gasteiger partial charge in [0.2, 0.25) is 10.0 Å². The van der Waals surface area contributed by atoms with E-state index in [9.17, 15) is 8.42 Å². The second kappa shape index (κ2) is 5.90. The lowest BCUT2D eigenvalue weighted by molar-refractivity contribution is 0.572. The van der Waals surface area contributed by atoms with Crippen molar-refractivity contribution in [2.24, 2.45) is 0 Å². The minimum absolute atomic E-state index is 0.314. The fourth-order valence-electron chi connectivity index (χ4n) is 1.77. The SMILES string of the molecule is Cc1ccc(Br)cc1S(=O)(=O)NCCn1cccc1. The molecule has 1 N–H and O–H groups in total. The Bertz CT molecular complexity index is 651. The molecule has 0 radical (unpaired) electrons. The molecule has 0 saturated carbocycles. The first-order chi connectivity index (χ1) is 8.99. The molecular formula is C13H15BrN2O2S. The molecule has 0 atom stereocenters. The van der Waals surface area contributed by atoms with Gasteiger partial charge in [-0.15, -0.1) is 0 Å². The van der Waals surface area contributed by atoms with Crippen LogP contribution >= 0.6 is 15.9 Å². The Balaban J connectivity index is 2.07. The number of aryl methyl sites for hydroxylation is 1. The zero-order valence-corrected chi connectivity index (χ0v) is 12.9. The number of nitrogens with one attached hydrogen (secondary N) is 1. The molecule has 102 valence electrons. The average molecular weight is 343 g/mol. The van der Waals surface area contributed by atoms with Gasteiger partial charge in [-0.05, 0) is 36.8 Å². The highest BCUT2D eigenvalue weighted by molar-refractivity contribution is 9.10. The third kappa shape index (κ3) is 3.68. The number of sulfonamides is 1. The summed E-state index contributed by atoms with van der Waals surface area (Å²) in [7, 11) is -3.46. The van der Waals surface area contributed by atoms with Crippen molar-refractivity contribution >= 4 is 26.0 Å². The largest absolute Gasteiger partial charge is 0.353 e. The van der Waals surface area contributed by atoms with Gasteiger partial charge in [0.25, 0.3) is 0 Å². The standard InChI is InChI=1S/C13H15BrN2O2S/c1-11-4-5-12(14)10-13(11)19(17,18)15-6-9-16-7-2-3-8-16/h2-5,7-8,10,15H,6,9H2,1H3. The van der Waals surface area contributed by atoms with Crippen LogP contribution in [0.5, 0.6) is 0 Å². The Kier molecular flexibility index (Phi) is 4.44. The second-order valence-corrected chi connectivity index (χ2v) is 6.88. The Hall–Kier alpha value is -1.11. The number of hydrogen-bond acceptors (Lipinski definition) is 2. The van der Waals surface area contributed by atoms with Gasteiger partial charge in [-0.3, -0.25) is 0 Å². The summed E-state index contributed by atoms with van der Waals surface area (Å²) in [6.07, 6.45) is 3.80. The van der Waals surface area contributed by atoms with Crippen LogP contribution in [0.2, 0.25) is 0 Å². The minimum Gasteiger partial charge on any atom is -0.353 e. The Labute approximate surface area is 121 Å². The van der Waals surface area contributed by atoms with Crippen LogP contribution in [-0.4, -0.2) is 19.5 Å². The van der Waals surface area contributed by atoms with E-state index in [2.05, 4.69) is 20.7 Å². The first-order valence-corrected chi connectivity index (χ1v) is 8.13. The summed E-state index contributed by atoms with van der Waals surface area (Å²) in [6.45, 7) is 2.76. The van der Waals surface area contributed by atoms with Crippen molar-refractivity contribution in [3.63, 3.8) is 0 Å². The second-order valence-electron chi connectivity index (χ2n) is 4.23. The Morgan fingerprint density at radius 1 is 1.26 bits per heavy atom. The van der Waals surface area contributed by atoms with Gasteiger partial charge in [-0.25, -0.2) is 13.1 Å². The fraction of sp³-hybridized carbons (Fsp3) is 0.231. The van der Waals surface area contributed by atoms with Gasteiger partial charge in [0.1, 0.15) is 0 Å². The molecule has 0 spiro atoms. The predicted molar refractivity (Wildman–Crippen MR) is 78.5 cm³/mol. The van der Waals surface area contributed by atoms with Crippen molar-refractivity contribution in [1.82, 2.24) is 9.29 Å². The molecule has 4 nitrogen and oxygen atoms in total. The summed E-state index contributed by atoms with van der Waals surface area (Å²) in [5.41, 5.74) is 0.733. The lowest BCUT2D eigenvalue weighted by Crippen LogP contribution is -2.27. The number of nitrogens with zero attached hydrogens (tertiary/aromatic N) is 1. The minimum atomic E-state index is -3.46. The summed E-state index contributed by atoms with van der Waals surface area (Å²) < 4.78 is 29.7. The van der Waals surface area contributed by atoms with Crippen LogP contribution < -0.4 is 4.72 Å². The predicted octanol–water partition coefficient (Wildman–Crippen LogP) is 2.54. The van der Waals surface area contributed by atoms with Gasteiger partial charge in [-0.1, -0.05) is 22.0 Å². The quantitative estimate of drug-likeness (QED) is 0.907. The smallest absolute Gasteiger partial charge is 0.240 e. The molecule has 1 aromatic heterocycles. The highest BCUT2D eigenvalue weighted by Crippen LogP contribution is 2.20. The maximum atomic E-state index is 12.2. The molecule has 0 saturated heterocycles. The summed E-state index contributed by atoms with van der Waals surface area (Å²) in [5.74, 6) is 0. The summed E-state index contributed by atoms with van der Waals surface area (Å²) in [4.78, 5) is 0.314. The monoisotopic (exact) mass is 342 g/mol. The first-order valence-electron chi connectivity index (χ1n) is 5.85. The molecule has 0 unspecified atom stereocenters. The van der Waals surface area contributed by atoms with Crippen molar-refractivity contribution in [3.8, 4) is 0 Å². The van der Waals surface area contributed by atoms with Gasteiger partial charge in [0.05, 0.1) is 4.90 Å². The maximum Gasteiger partial charge on any atom is 0.240 e. The van der Waals surface area contributed by atoms with Gasteiger partial charge >= 0.3 is 0 Å². The zero-order chi connectivity index (χ0) is 13.9. The first kappa shape index (κ1) is 14.3. The summed E-state index contributed by atoms with van der Waals surface area (Å²) >= 11 is 3.29. The van der Waals surface area contributed by atoms with Crippen molar-refractivity contribution in [3.05, 3.63) is 52.8 Å².